The minimum Gasteiger partial charge on any atom is -0.493 e. The van der Waals surface area contributed by atoms with Gasteiger partial charge in [-0.05, 0) is 41.7 Å². The fourth-order valence-electron chi connectivity index (χ4n) is 2.81. The average molecular weight is 396 g/mol. The van der Waals surface area contributed by atoms with Crippen LogP contribution in [-0.4, -0.2) is 24.3 Å². The van der Waals surface area contributed by atoms with Gasteiger partial charge in [-0.25, -0.2) is 0 Å². The Bertz CT molecular complexity index is 778. The molecule has 0 aliphatic carbocycles. The molecule has 0 bridgehead atoms. The fourth-order valence-corrected chi connectivity index (χ4v) is 2.81. The van der Waals surface area contributed by atoms with Crippen LogP contribution in [0.4, 0.5) is 0 Å². The molecule has 1 aromatic heterocycles. The Labute approximate surface area is 175 Å². The zero-order valence-electron chi connectivity index (χ0n) is 18.1. The first-order valence-corrected chi connectivity index (χ1v) is 10.2. The van der Waals surface area contributed by atoms with Crippen LogP contribution in [0.1, 0.15) is 46.1 Å². The van der Waals surface area contributed by atoms with Crippen molar-refractivity contribution in [1.82, 2.24) is 4.98 Å². The molecular formula is C25H33NO3. The van der Waals surface area contributed by atoms with Gasteiger partial charge in [-0.1, -0.05) is 52.3 Å². The van der Waals surface area contributed by atoms with E-state index >= 15 is 0 Å². The lowest BCUT2D eigenvalue weighted by Crippen LogP contribution is -2.33. The van der Waals surface area contributed by atoms with Crippen molar-refractivity contribution in [2.45, 2.75) is 46.6 Å². The lowest BCUT2D eigenvalue weighted by molar-refractivity contribution is 0.00172. The molecule has 0 saturated carbocycles. The molecule has 0 saturated heterocycles. The number of nitrogens with zero attached hydrogens (tertiary/aromatic N) is 1. The summed E-state index contributed by atoms with van der Waals surface area (Å²) in [4.78, 5) is 4.21. The minimum atomic E-state index is -0.259. The summed E-state index contributed by atoms with van der Waals surface area (Å²) in [6.45, 7) is 13.5. The van der Waals surface area contributed by atoms with E-state index in [2.05, 4.69) is 39.3 Å². The summed E-state index contributed by atoms with van der Waals surface area (Å²) in [6.07, 6.45) is 9.16. The summed E-state index contributed by atoms with van der Waals surface area (Å²) in [7, 11) is 0. The van der Waals surface area contributed by atoms with Crippen LogP contribution in [0.25, 0.3) is 6.08 Å². The molecule has 2 aromatic rings. The summed E-state index contributed by atoms with van der Waals surface area (Å²) >= 11 is 0. The van der Waals surface area contributed by atoms with Gasteiger partial charge in [-0.15, -0.1) is 6.58 Å². The molecule has 4 heteroatoms. The van der Waals surface area contributed by atoms with Gasteiger partial charge >= 0.3 is 0 Å². The van der Waals surface area contributed by atoms with Crippen molar-refractivity contribution in [1.29, 1.82) is 0 Å². The molecule has 0 spiro atoms. The lowest BCUT2D eigenvalue weighted by Gasteiger charge is -2.32. The van der Waals surface area contributed by atoms with Gasteiger partial charge in [0.1, 0.15) is 23.4 Å². The van der Waals surface area contributed by atoms with Gasteiger partial charge in [0.15, 0.2) is 0 Å². The Morgan fingerprint density at radius 1 is 1.17 bits per heavy atom. The molecule has 0 amide bonds. The van der Waals surface area contributed by atoms with E-state index < -0.39 is 0 Å². The van der Waals surface area contributed by atoms with E-state index in [1.807, 2.05) is 42.5 Å². The largest absolute Gasteiger partial charge is 0.493 e. The topological polar surface area (TPSA) is 40.6 Å². The molecule has 2 rings (SSSR count). The maximum Gasteiger partial charge on any atom is 0.134 e. The molecule has 4 nitrogen and oxygen atoms in total. The second-order valence-electron chi connectivity index (χ2n) is 7.98. The first-order chi connectivity index (χ1) is 13.9. The number of rotatable bonds is 11. The van der Waals surface area contributed by atoms with Crippen molar-refractivity contribution >= 4 is 6.08 Å². The highest BCUT2D eigenvalue weighted by atomic mass is 16.5. The predicted molar refractivity (Wildman–Crippen MR) is 119 cm³/mol. The van der Waals surface area contributed by atoms with Crippen LogP contribution in [0.2, 0.25) is 0 Å². The Hall–Kier alpha value is -2.59. The number of benzene rings is 1. The Morgan fingerprint density at radius 2 is 1.97 bits per heavy atom. The summed E-state index contributed by atoms with van der Waals surface area (Å²) in [6, 6.07) is 11.6. The monoisotopic (exact) mass is 395 g/mol. The lowest BCUT2D eigenvalue weighted by atomic mass is 9.87. The summed E-state index contributed by atoms with van der Waals surface area (Å²) < 4.78 is 18.3. The van der Waals surface area contributed by atoms with Gasteiger partial charge in [-0.2, -0.15) is 0 Å². The quantitative estimate of drug-likeness (QED) is 0.254. The van der Waals surface area contributed by atoms with Gasteiger partial charge in [0.05, 0.1) is 13.2 Å². The van der Waals surface area contributed by atoms with Crippen LogP contribution in [0.15, 0.2) is 67.2 Å². The van der Waals surface area contributed by atoms with E-state index in [1.54, 1.807) is 18.5 Å². The maximum absolute atomic E-state index is 6.35. The summed E-state index contributed by atoms with van der Waals surface area (Å²) in [5.74, 6) is 2.24. The molecule has 1 atom stereocenters. The molecule has 0 radical (unpaired) electrons. The van der Waals surface area contributed by atoms with Gasteiger partial charge in [0.25, 0.3) is 0 Å². The van der Waals surface area contributed by atoms with Crippen LogP contribution < -0.4 is 9.47 Å². The fraction of sp³-hybridized carbons (Fsp3) is 0.400. The molecule has 29 heavy (non-hydrogen) atoms. The second-order valence-corrected chi connectivity index (χ2v) is 7.98. The highest BCUT2D eigenvalue weighted by Gasteiger charge is 2.31. The van der Waals surface area contributed by atoms with Gasteiger partial charge in [0, 0.05) is 18.5 Å². The number of ether oxygens (including phenoxy) is 3. The van der Waals surface area contributed by atoms with Crippen molar-refractivity contribution in [2.24, 2.45) is 5.41 Å². The van der Waals surface area contributed by atoms with Crippen LogP contribution in [0, 0.1) is 5.41 Å². The van der Waals surface area contributed by atoms with Crippen molar-refractivity contribution < 1.29 is 14.2 Å². The molecule has 0 N–H and O–H groups in total. The second kappa shape index (κ2) is 11.4. The van der Waals surface area contributed by atoms with Gasteiger partial charge in [-0.3, -0.25) is 4.98 Å². The van der Waals surface area contributed by atoms with E-state index in [0.29, 0.717) is 19.0 Å². The van der Waals surface area contributed by atoms with E-state index in [-0.39, 0.29) is 11.5 Å². The maximum atomic E-state index is 6.35. The van der Waals surface area contributed by atoms with Crippen molar-refractivity contribution in [3.05, 3.63) is 72.8 Å². The summed E-state index contributed by atoms with van der Waals surface area (Å²) in [5, 5.41) is 0. The zero-order valence-corrected chi connectivity index (χ0v) is 18.1. The van der Waals surface area contributed by atoms with E-state index in [9.17, 15) is 0 Å². The van der Waals surface area contributed by atoms with Crippen LogP contribution >= 0.6 is 0 Å². The third kappa shape index (κ3) is 7.74. The number of pyridine rings is 1. The zero-order chi connectivity index (χ0) is 21.1. The molecule has 1 unspecified atom stereocenters. The molecule has 156 valence electrons. The number of hydrogen-bond donors (Lipinski definition) is 0. The van der Waals surface area contributed by atoms with E-state index in [0.717, 1.165) is 29.9 Å². The molecule has 0 aliphatic rings. The predicted octanol–water partition coefficient (Wildman–Crippen LogP) is 6.30. The van der Waals surface area contributed by atoms with Crippen LogP contribution in [0.3, 0.4) is 0 Å². The van der Waals surface area contributed by atoms with Gasteiger partial charge in [0.2, 0.25) is 0 Å². The van der Waals surface area contributed by atoms with Crippen LogP contribution in [-0.2, 0) is 4.74 Å². The highest BCUT2D eigenvalue weighted by molar-refractivity contribution is 5.52. The number of unbranched alkanes of at least 4 members (excludes halogenated alkanes) is 1. The van der Waals surface area contributed by atoms with Crippen LogP contribution in [0.5, 0.6) is 11.5 Å². The van der Waals surface area contributed by atoms with Crippen molar-refractivity contribution in [3.8, 4) is 11.5 Å². The third-order valence-electron chi connectivity index (χ3n) is 4.23. The van der Waals surface area contributed by atoms with Crippen molar-refractivity contribution in [3.63, 3.8) is 0 Å². The SMILES string of the molecule is C=CCOC(C(=Cc1cccnc1)Oc1cccc(OCCCC)c1)C(C)(C)C. The Balaban J connectivity index is 2.33. The van der Waals surface area contributed by atoms with Gasteiger partial charge < -0.3 is 14.2 Å². The number of hydrogen-bond acceptors (Lipinski definition) is 4. The standard InChI is InChI=1S/C25H33NO3/c1-6-8-16-27-21-12-9-13-22(18-21)29-23(17-20-11-10-14-26-19-20)24(25(3,4)5)28-15-7-2/h7,9-14,17-19,24H,2,6,8,15-16H2,1,3-5H3. The highest BCUT2D eigenvalue weighted by Crippen LogP contribution is 2.32. The molecule has 0 fully saturated rings. The first kappa shape index (κ1) is 22.7. The Kier molecular flexibility index (Phi) is 8.94. The normalized spacial score (nSPS) is 13.0. The minimum absolute atomic E-state index is 0.174. The summed E-state index contributed by atoms with van der Waals surface area (Å²) in [5.41, 5.74) is 0.779. The Morgan fingerprint density at radius 3 is 2.62 bits per heavy atom. The third-order valence-corrected chi connectivity index (χ3v) is 4.23. The average Bonchev–Trinajstić information content (AvgIpc) is 2.68. The smallest absolute Gasteiger partial charge is 0.134 e. The van der Waals surface area contributed by atoms with Crippen molar-refractivity contribution in [2.75, 3.05) is 13.2 Å². The first-order valence-electron chi connectivity index (χ1n) is 10.2. The number of aromatic nitrogens is 1. The van der Waals surface area contributed by atoms with E-state index in [1.165, 1.54) is 0 Å². The molecule has 1 heterocycles. The molecule has 0 aliphatic heterocycles. The molecule has 1 aromatic carbocycles. The molecular weight excluding hydrogens is 362 g/mol. The van der Waals surface area contributed by atoms with E-state index in [4.69, 9.17) is 14.2 Å².